The maximum atomic E-state index is 12.9. The summed E-state index contributed by atoms with van der Waals surface area (Å²) in [6.07, 6.45) is -1.88. The maximum absolute atomic E-state index is 12.9. The number of aryl methyl sites for hydroxylation is 1. The van der Waals surface area contributed by atoms with Gasteiger partial charge in [-0.3, -0.25) is 9.78 Å². The van der Waals surface area contributed by atoms with Crippen molar-refractivity contribution >= 4 is 11.9 Å². The molecule has 4 rings (SSSR count). The lowest BCUT2D eigenvalue weighted by molar-refractivity contribution is -0.153. The second-order valence-electron chi connectivity index (χ2n) is 7.39. The number of carbonyl (C=O) groups is 2. The molecule has 0 saturated carbocycles. The van der Waals surface area contributed by atoms with E-state index in [9.17, 15) is 22.8 Å². The van der Waals surface area contributed by atoms with Crippen molar-refractivity contribution in [2.75, 3.05) is 6.61 Å². The Kier molecular flexibility index (Phi) is 5.99. The fraction of sp³-hybridized carbons (Fsp3) is 0.217. The predicted octanol–water partition coefficient (Wildman–Crippen LogP) is 4.10. The van der Waals surface area contributed by atoms with Crippen molar-refractivity contribution in [2.24, 2.45) is 0 Å². The lowest BCUT2D eigenvalue weighted by Gasteiger charge is -2.16. The van der Waals surface area contributed by atoms with Gasteiger partial charge in [0.2, 0.25) is 0 Å². The standard InChI is InChI=1S/C23H18F3N3O4/c1-14-9-15(28-10-19(14)32-13-23(24,25)26)11-29-12-18-17(21(29)30)7-8-27-20(18)22(31)33-16-5-3-2-4-6-16/h2-10H,11-13H2,1H3. The molecule has 0 atom stereocenters. The smallest absolute Gasteiger partial charge is 0.422 e. The van der Waals surface area contributed by atoms with Crippen molar-refractivity contribution in [3.8, 4) is 11.5 Å². The fourth-order valence-corrected chi connectivity index (χ4v) is 3.43. The van der Waals surface area contributed by atoms with E-state index in [0.717, 1.165) is 0 Å². The summed E-state index contributed by atoms with van der Waals surface area (Å²) >= 11 is 0. The number of para-hydroxylation sites is 1. The van der Waals surface area contributed by atoms with Gasteiger partial charge in [-0.15, -0.1) is 0 Å². The number of hydrogen-bond donors (Lipinski definition) is 0. The first-order chi connectivity index (χ1) is 15.7. The summed E-state index contributed by atoms with van der Waals surface area (Å²) in [5, 5.41) is 0. The van der Waals surface area contributed by atoms with Crippen LogP contribution < -0.4 is 9.47 Å². The SMILES string of the molecule is Cc1cc(CN2Cc3c(ccnc3C(=O)Oc3ccccc3)C2=O)ncc1OCC(F)(F)F. The second-order valence-corrected chi connectivity index (χ2v) is 7.39. The molecule has 0 unspecified atom stereocenters. The number of rotatable bonds is 6. The highest BCUT2D eigenvalue weighted by Crippen LogP contribution is 2.28. The Bertz CT molecular complexity index is 1200. The van der Waals surface area contributed by atoms with E-state index >= 15 is 0 Å². The fourth-order valence-electron chi connectivity index (χ4n) is 3.43. The minimum Gasteiger partial charge on any atom is -0.482 e. The lowest BCUT2D eigenvalue weighted by atomic mass is 10.1. The van der Waals surface area contributed by atoms with Crippen LogP contribution in [0.25, 0.3) is 0 Å². The van der Waals surface area contributed by atoms with E-state index in [2.05, 4.69) is 9.97 Å². The van der Waals surface area contributed by atoms with Gasteiger partial charge in [-0.2, -0.15) is 13.2 Å². The highest BCUT2D eigenvalue weighted by Gasteiger charge is 2.33. The molecule has 7 nitrogen and oxygen atoms in total. The normalized spacial score (nSPS) is 13.1. The number of hydrogen-bond acceptors (Lipinski definition) is 6. The quantitative estimate of drug-likeness (QED) is 0.410. The number of alkyl halides is 3. The summed E-state index contributed by atoms with van der Waals surface area (Å²) in [6, 6.07) is 11.6. The summed E-state index contributed by atoms with van der Waals surface area (Å²) in [5.74, 6) is -0.608. The maximum Gasteiger partial charge on any atom is 0.422 e. The Morgan fingerprint density at radius 3 is 2.61 bits per heavy atom. The number of pyridine rings is 2. The molecule has 1 aromatic carbocycles. The van der Waals surface area contributed by atoms with Gasteiger partial charge in [-0.05, 0) is 36.8 Å². The summed E-state index contributed by atoms with van der Waals surface area (Å²) in [5.41, 5.74) is 1.76. The second kappa shape index (κ2) is 8.89. The Morgan fingerprint density at radius 2 is 1.91 bits per heavy atom. The number of amides is 1. The Labute approximate surface area is 186 Å². The zero-order valence-electron chi connectivity index (χ0n) is 17.4. The third-order valence-electron chi connectivity index (χ3n) is 4.93. The van der Waals surface area contributed by atoms with Crippen LogP contribution >= 0.6 is 0 Å². The van der Waals surface area contributed by atoms with Crippen LogP contribution in [0, 0.1) is 6.92 Å². The molecule has 1 aliphatic rings. The molecule has 170 valence electrons. The number of nitrogens with zero attached hydrogens (tertiary/aromatic N) is 3. The minimum absolute atomic E-state index is 0.0160. The summed E-state index contributed by atoms with van der Waals surface area (Å²) < 4.78 is 47.3. The van der Waals surface area contributed by atoms with E-state index in [1.165, 1.54) is 23.4 Å². The van der Waals surface area contributed by atoms with Crippen LogP contribution in [-0.4, -0.2) is 39.5 Å². The van der Waals surface area contributed by atoms with Gasteiger partial charge >= 0.3 is 12.1 Å². The number of esters is 1. The molecule has 3 aromatic rings. The largest absolute Gasteiger partial charge is 0.482 e. The van der Waals surface area contributed by atoms with E-state index in [0.29, 0.717) is 28.1 Å². The Balaban J connectivity index is 1.48. The summed E-state index contributed by atoms with van der Waals surface area (Å²) in [4.78, 5) is 35.2. The van der Waals surface area contributed by atoms with E-state index in [4.69, 9.17) is 9.47 Å². The van der Waals surface area contributed by atoms with Gasteiger partial charge in [0, 0.05) is 23.9 Å². The molecule has 2 aromatic heterocycles. The van der Waals surface area contributed by atoms with Crippen LogP contribution in [0.4, 0.5) is 13.2 Å². The molecule has 1 aliphatic heterocycles. The zero-order valence-corrected chi connectivity index (χ0v) is 17.4. The average molecular weight is 457 g/mol. The van der Waals surface area contributed by atoms with Gasteiger partial charge in [0.25, 0.3) is 5.91 Å². The lowest BCUT2D eigenvalue weighted by Crippen LogP contribution is -2.24. The van der Waals surface area contributed by atoms with Gasteiger partial charge in [0.15, 0.2) is 12.3 Å². The van der Waals surface area contributed by atoms with E-state index in [-0.39, 0.29) is 30.4 Å². The number of benzene rings is 1. The molecule has 0 N–H and O–H groups in total. The van der Waals surface area contributed by atoms with Crippen LogP contribution in [0.1, 0.15) is 37.7 Å². The molecule has 0 spiro atoms. The number of halogens is 3. The van der Waals surface area contributed by atoms with Crippen LogP contribution in [0.2, 0.25) is 0 Å². The van der Waals surface area contributed by atoms with Crippen molar-refractivity contribution in [1.29, 1.82) is 0 Å². The first kappa shape index (κ1) is 22.3. The molecule has 0 aliphatic carbocycles. The van der Waals surface area contributed by atoms with Gasteiger partial charge in [0.05, 0.1) is 18.4 Å². The van der Waals surface area contributed by atoms with Crippen molar-refractivity contribution < 1.29 is 32.2 Å². The highest BCUT2D eigenvalue weighted by atomic mass is 19.4. The molecule has 0 bridgehead atoms. The van der Waals surface area contributed by atoms with E-state index in [1.54, 1.807) is 43.3 Å². The third kappa shape index (κ3) is 5.11. The topological polar surface area (TPSA) is 81.6 Å². The van der Waals surface area contributed by atoms with E-state index < -0.39 is 18.8 Å². The third-order valence-corrected chi connectivity index (χ3v) is 4.93. The molecule has 1 amide bonds. The Hall–Kier alpha value is -3.95. The van der Waals surface area contributed by atoms with Crippen LogP contribution in [0.15, 0.2) is 54.9 Å². The molecule has 10 heteroatoms. The predicted molar refractivity (Wildman–Crippen MR) is 110 cm³/mol. The number of aromatic nitrogens is 2. The van der Waals surface area contributed by atoms with Gasteiger partial charge < -0.3 is 14.4 Å². The van der Waals surface area contributed by atoms with Gasteiger partial charge in [-0.1, -0.05) is 18.2 Å². The Morgan fingerprint density at radius 1 is 1.15 bits per heavy atom. The number of fused-ring (bicyclic) bond motifs is 1. The molecule has 0 radical (unpaired) electrons. The summed E-state index contributed by atoms with van der Waals surface area (Å²) in [7, 11) is 0. The molecule has 0 fully saturated rings. The number of ether oxygens (including phenoxy) is 2. The van der Waals surface area contributed by atoms with Crippen LogP contribution in [-0.2, 0) is 13.1 Å². The van der Waals surface area contributed by atoms with Crippen molar-refractivity contribution in [3.63, 3.8) is 0 Å². The van der Waals surface area contributed by atoms with Crippen molar-refractivity contribution in [3.05, 3.63) is 82.9 Å². The van der Waals surface area contributed by atoms with Gasteiger partial charge in [-0.25, -0.2) is 9.78 Å². The molecule has 33 heavy (non-hydrogen) atoms. The van der Waals surface area contributed by atoms with Crippen molar-refractivity contribution in [1.82, 2.24) is 14.9 Å². The molecule has 3 heterocycles. The van der Waals surface area contributed by atoms with E-state index in [1.807, 2.05) is 0 Å². The zero-order chi connectivity index (χ0) is 23.6. The first-order valence-corrected chi connectivity index (χ1v) is 9.91. The average Bonchev–Trinajstić information content (AvgIpc) is 3.08. The monoisotopic (exact) mass is 457 g/mol. The van der Waals surface area contributed by atoms with Gasteiger partial charge in [0.1, 0.15) is 11.5 Å². The van der Waals surface area contributed by atoms with Crippen molar-refractivity contribution in [2.45, 2.75) is 26.2 Å². The first-order valence-electron chi connectivity index (χ1n) is 9.91. The minimum atomic E-state index is -4.45. The molecular formula is C23H18F3N3O4. The summed E-state index contributed by atoms with van der Waals surface area (Å²) in [6.45, 7) is 0.401. The van der Waals surface area contributed by atoms with Crippen LogP contribution in [0.3, 0.4) is 0 Å². The number of carbonyl (C=O) groups excluding carboxylic acids is 2. The highest BCUT2D eigenvalue weighted by molar-refractivity contribution is 6.02. The molecule has 0 saturated heterocycles. The van der Waals surface area contributed by atoms with Crippen LogP contribution in [0.5, 0.6) is 11.5 Å². The molecular weight excluding hydrogens is 439 g/mol.